The molecule has 1 rings (SSSR count). The third kappa shape index (κ3) is 5.46. The molecule has 5 atom stereocenters. The van der Waals surface area contributed by atoms with Gasteiger partial charge in [-0.1, -0.05) is 20.8 Å². The van der Waals surface area contributed by atoms with E-state index in [-0.39, 0.29) is 11.6 Å². The molecule has 3 N–H and O–H groups in total. The van der Waals surface area contributed by atoms with E-state index in [1.165, 1.54) is 0 Å². The molecule has 0 aromatic carbocycles. The SMILES string of the molecule is CC(C)(C)[Si](C)(C)OC[C@H]1O[C@H](O)[C@@H](OS(C)(=O)=O)[C@@H](O)[C@@H]1O. The van der Waals surface area contributed by atoms with Crippen molar-refractivity contribution < 1.29 is 37.1 Å². The molecule has 1 heterocycles. The van der Waals surface area contributed by atoms with Gasteiger partial charge in [0, 0.05) is 0 Å². The summed E-state index contributed by atoms with van der Waals surface area (Å²) in [6.45, 7) is 10.2. The lowest BCUT2D eigenvalue weighted by Crippen LogP contribution is -2.60. The highest BCUT2D eigenvalue weighted by Gasteiger charge is 2.47. The fourth-order valence-electron chi connectivity index (χ4n) is 1.87. The average Bonchev–Trinajstić information content (AvgIpc) is 2.35. The molecular formula is C13H28O8SSi. The summed E-state index contributed by atoms with van der Waals surface area (Å²) in [6, 6.07) is 0. The Hall–Kier alpha value is -0.0731. The van der Waals surface area contributed by atoms with Gasteiger partial charge in [0.2, 0.25) is 0 Å². The number of hydrogen-bond donors (Lipinski definition) is 3. The molecule has 1 saturated heterocycles. The fourth-order valence-corrected chi connectivity index (χ4v) is 3.50. The van der Waals surface area contributed by atoms with Gasteiger partial charge in [-0.05, 0) is 18.1 Å². The van der Waals surface area contributed by atoms with Crippen molar-refractivity contribution in [2.24, 2.45) is 0 Å². The van der Waals surface area contributed by atoms with Crippen LogP contribution in [-0.4, -0.2) is 75.6 Å². The van der Waals surface area contributed by atoms with Crippen LogP contribution in [0.5, 0.6) is 0 Å². The van der Waals surface area contributed by atoms with E-state index in [1.807, 2.05) is 13.1 Å². The monoisotopic (exact) mass is 372 g/mol. The molecule has 0 aromatic heterocycles. The van der Waals surface area contributed by atoms with Crippen molar-refractivity contribution in [2.45, 2.75) is 69.6 Å². The van der Waals surface area contributed by atoms with E-state index < -0.39 is 49.1 Å². The zero-order valence-corrected chi connectivity index (χ0v) is 16.2. The van der Waals surface area contributed by atoms with Gasteiger partial charge in [-0.15, -0.1) is 0 Å². The van der Waals surface area contributed by atoms with Crippen molar-refractivity contribution in [3.63, 3.8) is 0 Å². The van der Waals surface area contributed by atoms with E-state index in [4.69, 9.17) is 9.16 Å². The van der Waals surface area contributed by atoms with Crippen molar-refractivity contribution >= 4 is 18.4 Å². The Morgan fingerprint density at radius 2 is 1.65 bits per heavy atom. The summed E-state index contributed by atoms with van der Waals surface area (Å²) in [5.41, 5.74) is 0. The molecule has 138 valence electrons. The van der Waals surface area contributed by atoms with Crippen LogP contribution in [0.1, 0.15) is 20.8 Å². The molecule has 0 radical (unpaired) electrons. The largest absolute Gasteiger partial charge is 0.414 e. The smallest absolute Gasteiger partial charge is 0.264 e. The summed E-state index contributed by atoms with van der Waals surface area (Å²) in [5.74, 6) is 0. The standard InChI is InChI=1S/C13H28O8SSi/c1-13(2,3)23(5,6)19-7-8-9(14)10(15)11(12(16)20-8)21-22(4,17)18/h8-12,14-16H,7H2,1-6H3/t8-,9-,10+,11+,12+/m1/s1. The molecule has 10 heteroatoms. The molecule has 0 amide bonds. The predicted molar refractivity (Wildman–Crippen MR) is 85.8 cm³/mol. The lowest BCUT2D eigenvalue weighted by molar-refractivity contribution is -0.279. The average molecular weight is 373 g/mol. The van der Waals surface area contributed by atoms with Crippen LogP contribution in [0.15, 0.2) is 0 Å². The summed E-state index contributed by atoms with van der Waals surface area (Å²) in [6.07, 6.45) is -6.50. The molecule has 1 fully saturated rings. The number of ether oxygens (including phenoxy) is 1. The van der Waals surface area contributed by atoms with E-state index >= 15 is 0 Å². The zero-order chi connectivity index (χ0) is 18.2. The van der Waals surface area contributed by atoms with Crippen LogP contribution in [0.3, 0.4) is 0 Å². The first-order valence-electron chi connectivity index (χ1n) is 7.37. The Morgan fingerprint density at radius 3 is 2.09 bits per heavy atom. The topological polar surface area (TPSA) is 123 Å². The van der Waals surface area contributed by atoms with Crippen molar-refractivity contribution in [1.29, 1.82) is 0 Å². The lowest BCUT2D eigenvalue weighted by atomic mass is 9.99. The van der Waals surface area contributed by atoms with E-state index in [1.54, 1.807) is 0 Å². The Morgan fingerprint density at radius 1 is 1.13 bits per heavy atom. The molecule has 0 aromatic rings. The van der Waals surface area contributed by atoms with Crippen LogP contribution >= 0.6 is 0 Å². The molecular weight excluding hydrogens is 344 g/mol. The van der Waals surface area contributed by atoms with E-state index in [0.29, 0.717) is 0 Å². The van der Waals surface area contributed by atoms with Gasteiger partial charge in [0.05, 0.1) is 12.9 Å². The second-order valence-electron chi connectivity index (χ2n) is 7.38. The zero-order valence-electron chi connectivity index (χ0n) is 14.4. The minimum Gasteiger partial charge on any atom is -0.414 e. The fraction of sp³-hybridized carbons (Fsp3) is 1.00. The quantitative estimate of drug-likeness (QED) is 0.448. The Balaban J connectivity index is 2.75. The van der Waals surface area contributed by atoms with Crippen LogP contribution < -0.4 is 0 Å². The first kappa shape index (κ1) is 21.0. The van der Waals surface area contributed by atoms with Crippen LogP contribution in [-0.2, 0) is 23.5 Å². The maximum absolute atomic E-state index is 11.1. The summed E-state index contributed by atoms with van der Waals surface area (Å²) >= 11 is 0. The molecule has 0 bridgehead atoms. The molecule has 8 nitrogen and oxygen atoms in total. The number of hydrogen-bond acceptors (Lipinski definition) is 8. The van der Waals surface area contributed by atoms with Crippen LogP contribution in [0, 0.1) is 0 Å². The van der Waals surface area contributed by atoms with Gasteiger partial charge in [0.25, 0.3) is 10.1 Å². The molecule has 0 saturated carbocycles. The molecule has 0 spiro atoms. The lowest BCUT2D eigenvalue weighted by Gasteiger charge is -2.42. The highest BCUT2D eigenvalue weighted by Crippen LogP contribution is 2.37. The van der Waals surface area contributed by atoms with Crippen LogP contribution in [0.25, 0.3) is 0 Å². The maximum atomic E-state index is 11.1. The predicted octanol–water partition coefficient (Wildman–Crippen LogP) is -0.208. The minimum atomic E-state index is -3.92. The minimum absolute atomic E-state index is 0.0165. The Labute approximate surface area is 138 Å². The first-order valence-corrected chi connectivity index (χ1v) is 12.1. The summed E-state index contributed by atoms with van der Waals surface area (Å²) < 4.78 is 38.0. The summed E-state index contributed by atoms with van der Waals surface area (Å²) in [5, 5.41) is 29.9. The van der Waals surface area contributed by atoms with E-state index in [0.717, 1.165) is 6.26 Å². The van der Waals surface area contributed by atoms with Crippen LogP contribution in [0.4, 0.5) is 0 Å². The van der Waals surface area contributed by atoms with Crippen molar-refractivity contribution in [2.75, 3.05) is 12.9 Å². The number of aliphatic hydroxyl groups excluding tert-OH is 3. The van der Waals surface area contributed by atoms with E-state index in [2.05, 4.69) is 25.0 Å². The normalized spacial score (nSPS) is 33.7. The highest BCUT2D eigenvalue weighted by atomic mass is 32.2. The maximum Gasteiger partial charge on any atom is 0.264 e. The third-order valence-corrected chi connectivity index (χ3v) is 9.44. The van der Waals surface area contributed by atoms with Gasteiger partial charge in [-0.25, -0.2) is 0 Å². The van der Waals surface area contributed by atoms with Crippen LogP contribution in [0.2, 0.25) is 18.1 Å². The second kappa shape index (κ2) is 7.04. The van der Waals surface area contributed by atoms with Gasteiger partial charge < -0.3 is 24.5 Å². The molecule has 0 aliphatic carbocycles. The molecule has 1 aliphatic rings. The van der Waals surface area contributed by atoms with Crippen molar-refractivity contribution in [3.05, 3.63) is 0 Å². The summed E-state index contributed by atoms with van der Waals surface area (Å²) in [7, 11) is -6.02. The van der Waals surface area contributed by atoms with Gasteiger partial charge in [0.15, 0.2) is 20.7 Å². The van der Waals surface area contributed by atoms with Crippen molar-refractivity contribution in [3.8, 4) is 0 Å². The Bertz CT molecular complexity index is 501. The number of aliphatic hydroxyl groups is 3. The third-order valence-electron chi connectivity index (χ3n) is 4.36. The molecule has 1 aliphatic heterocycles. The van der Waals surface area contributed by atoms with Gasteiger partial charge in [-0.2, -0.15) is 8.42 Å². The second-order valence-corrected chi connectivity index (χ2v) is 13.8. The van der Waals surface area contributed by atoms with Gasteiger partial charge >= 0.3 is 0 Å². The first-order chi connectivity index (χ1) is 10.2. The number of rotatable bonds is 5. The van der Waals surface area contributed by atoms with Crippen molar-refractivity contribution in [1.82, 2.24) is 0 Å². The summed E-state index contributed by atoms with van der Waals surface area (Å²) in [4.78, 5) is 0. The van der Waals surface area contributed by atoms with E-state index in [9.17, 15) is 23.7 Å². The molecule has 0 unspecified atom stereocenters. The van der Waals surface area contributed by atoms with Gasteiger partial charge in [-0.3, -0.25) is 4.18 Å². The highest BCUT2D eigenvalue weighted by molar-refractivity contribution is 7.86. The molecule has 23 heavy (non-hydrogen) atoms. The van der Waals surface area contributed by atoms with Gasteiger partial charge in [0.1, 0.15) is 18.3 Å². The Kier molecular flexibility index (Phi) is 6.42.